The lowest BCUT2D eigenvalue weighted by Crippen LogP contribution is -2.39. The van der Waals surface area contributed by atoms with Gasteiger partial charge in [0.25, 0.3) is 11.7 Å². The number of likely N-dealkylation sites (tertiary alicyclic amines) is 1. The average Bonchev–Trinajstić information content (AvgIpc) is 3.17. The van der Waals surface area contributed by atoms with Gasteiger partial charge in [-0.25, -0.2) is 0 Å². The minimum Gasteiger partial charge on any atom is -0.507 e. The number of benzene rings is 2. The van der Waals surface area contributed by atoms with Crippen molar-refractivity contribution in [3.05, 3.63) is 59.2 Å². The van der Waals surface area contributed by atoms with Crippen molar-refractivity contribution in [2.75, 3.05) is 60.7 Å². The number of morpholine rings is 1. The summed E-state index contributed by atoms with van der Waals surface area (Å²) in [6, 6.07) is 11.2. The van der Waals surface area contributed by atoms with Gasteiger partial charge in [-0.3, -0.25) is 14.5 Å². The maximum absolute atomic E-state index is 13.3. The standard InChI is InChI=1S/C27H32N2O7/c1-33-19-8-4-7-18(17-19)24(30)22-23(20-9-5-10-21(34-2)26(20)35-3)29(27(32)25(22)31)12-6-11-28-13-15-36-16-14-28/h4-5,7-10,17,23,30H,6,11-16H2,1-3H3/b24-22+/t23-/m0/s1. The number of ether oxygens (including phenoxy) is 4. The largest absolute Gasteiger partial charge is 0.507 e. The van der Waals surface area contributed by atoms with Crippen LogP contribution < -0.4 is 14.2 Å². The van der Waals surface area contributed by atoms with Gasteiger partial charge in [0.05, 0.1) is 46.2 Å². The molecule has 2 saturated heterocycles. The SMILES string of the molecule is COc1cccc(/C(O)=C2\C(=O)C(=O)N(CCCN3CCOCC3)[C@H]2c2cccc(OC)c2OC)c1. The molecule has 9 nitrogen and oxygen atoms in total. The first-order valence-corrected chi connectivity index (χ1v) is 11.9. The van der Waals surface area contributed by atoms with Crippen LogP contribution in [-0.2, 0) is 14.3 Å². The molecule has 0 spiro atoms. The summed E-state index contributed by atoms with van der Waals surface area (Å²) in [7, 11) is 4.55. The molecule has 2 aliphatic heterocycles. The van der Waals surface area contributed by atoms with E-state index >= 15 is 0 Å². The zero-order valence-electron chi connectivity index (χ0n) is 20.9. The zero-order valence-corrected chi connectivity index (χ0v) is 20.9. The number of para-hydroxylation sites is 1. The molecule has 0 unspecified atom stereocenters. The van der Waals surface area contributed by atoms with Gasteiger partial charge in [0.2, 0.25) is 0 Å². The lowest BCUT2D eigenvalue weighted by atomic mass is 9.94. The van der Waals surface area contributed by atoms with Gasteiger partial charge in [-0.1, -0.05) is 24.3 Å². The molecule has 2 aromatic rings. The van der Waals surface area contributed by atoms with E-state index < -0.39 is 17.7 Å². The highest BCUT2D eigenvalue weighted by molar-refractivity contribution is 6.46. The molecule has 2 fully saturated rings. The number of ketones is 1. The summed E-state index contributed by atoms with van der Waals surface area (Å²) < 4.78 is 21.8. The number of aliphatic hydroxyl groups is 1. The summed E-state index contributed by atoms with van der Waals surface area (Å²) in [6.45, 7) is 4.15. The van der Waals surface area contributed by atoms with Gasteiger partial charge in [-0.15, -0.1) is 0 Å². The predicted octanol–water partition coefficient (Wildman–Crippen LogP) is 2.86. The second-order valence-electron chi connectivity index (χ2n) is 8.61. The molecule has 9 heteroatoms. The first-order chi connectivity index (χ1) is 17.5. The Balaban J connectivity index is 1.77. The summed E-state index contributed by atoms with van der Waals surface area (Å²) in [5, 5.41) is 11.3. The average molecular weight is 497 g/mol. The van der Waals surface area contributed by atoms with E-state index in [2.05, 4.69) is 4.90 Å². The highest BCUT2D eigenvalue weighted by atomic mass is 16.5. The highest BCUT2D eigenvalue weighted by Gasteiger charge is 2.47. The molecule has 4 rings (SSSR count). The summed E-state index contributed by atoms with van der Waals surface area (Å²) in [5.41, 5.74) is 0.950. The Labute approximate surface area is 210 Å². The maximum Gasteiger partial charge on any atom is 0.295 e. The van der Waals surface area contributed by atoms with Gasteiger partial charge < -0.3 is 29.0 Å². The number of hydrogen-bond acceptors (Lipinski definition) is 8. The fourth-order valence-corrected chi connectivity index (χ4v) is 4.78. The minimum atomic E-state index is -0.842. The first-order valence-electron chi connectivity index (χ1n) is 11.9. The van der Waals surface area contributed by atoms with E-state index in [-0.39, 0.29) is 11.3 Å². The van der Waals surface area contributed by atoms with Crippen molar-refractivity contribution in [1.29, 1.82) is 0 Å². The quantitative estimate of drug-likeness (QED) is 0.322. The summed E-state index contributed by atoms with van der Waals surface area (Å²) in [4.78, 5) is 30.4. The number of carbonyl (C=O) groups is 2. The second kappa shape index (κ2) is 11.5. The molecule has 0 radical (unpaired) electrons. The molecule has 2 aromatic carbocycles. The van der Waals surface area contributed by atoms with Crippen molar-refractivity contribution in [2.45, 2.75) is 12.5 Å². The topological polar surface area (TPSA) is 97.8 Å². The van der Waals surface area contributed by atoms with Crippen LogP contribution >= 0.6 is 0 Å². The lowest BCUT2D eigenvalue weighted by Gasteiger charge is -2.30. The number of rotatable bonds is 9. The van der Waals surface area contributed by atoms with Crippen molar-refractivity contribution in [1.82, 2.24) is 9.80 Å². The molecule has 1 N–H and O–H groups in total. The minimum absolute atomic E-state index is 0.00572. The van der Waals surface area contributed by atoms with E-state index in [1.54, 1.807) is 42.5 Å². The first kappa shape index (κ1) is 25.5. The number of hydrogen-bond donors (Lipinski definition) is 1. The molecular weight excluding hydrogens is 464 g/mol. The molecule has 2 aliphatic rings. The third kappa shape index (κ3) is 5.03. The third-order valence-corrected chi connectivity index (χ3v) is 6.59. The number of carbonyl (C=O) groups excluding carboxylic acids is 2. The molecule has 0 aromatic heterocycles. The van der Waals surface area contributed by atoms with Crippen LogP contribution in [-0.4, -0.2) is 87.3 Å². The van der Waals surface area contributed by atoms with E-state index in [0.717, 1.165) is 19.6 Å². The van der Waals surface area contributed by atoms with Crippen LogP contribution in [0.5, 0.6) is 17.2 Å². The Hall–Kier alpha value is -3.56. The van der Waals surface area contributed by atoms with Crippen LogP contribution in [0.2, 0.25) is 0 Å². The molecule has 2 heterocycles. The Morgan fingerprint density at radius 2 is 1.75 bits per heavy atom. The zero-order chi connectivity index (χ0) is 25.7. The predicted molar refractivity (Wildman–Crippen MR) is 133 cm³/mol. The fourth-order valence-electron chi connectivity index (χ4n) is 4.78. The van der Waals surface area contributed by atoms with Crippen LogP contribution in [0.25, 0.3) is 5.76 Å². The van der Waals surface area contributed by atoms with Crippen LogP contribution in [0, 0.1) is 0 Å². The van der Waals surface area contributed by atoms with Gasteiger partial charge >= 0.3 is 0 Å². The molecule has 192 valence electrons. The van der Waals surface area contributed by atoms with Crippen molar-refractivity contribution < 1.29 is 33.6 Å². The summed E-state index contributed by atoms with van der Waals surface area (Å²) >= 11 is 0. The van der Waals surface area contributed by atoms with E-state index in [1.807, 2.05) is 0 Å². The van der Waals surface area contributed by atoms with E-state index in [1.165, 1.54) is 26.2 Å². The Bertz CT molecular complexity index is 1140. The van der Waals surface area contributed by atoms with Crippen molar-refractivity contribution in [2.24, 2.45) is 0 Å². The number of aliphatic hydroxyl groups excluding tert-OH is 1. The van der Waals surface area contributed by atoms with E-state index in [0.29, 0.717) is 54.6 Å². The van der Waals surface area contributed by atoms with Crippen molar-refractivity contribution in [3.63, 3.8) is 0 Å². The summed E-state index contributed by atoms with van der Waals surface area (Å²) in [5.74, 6) is -0.267. The molecule has 1 amide bonds. The van der Waals surface area contributed by atoms with Gasteiger partial charge in [0, 0.05) is 37.3 Å². The van der Waals surface area contributed by atoms with Gasteiger partial charge in [-0.2, -0.15) is 0 Å². The monoisotopic (exact) mass is 496 g/mol. The van der Waals surface area contributed by atoms with Crippen LogP contribution in [0.4, 0.5) is 0 Å². The molecule has 36 heavy (non-hydrogen) atoms. The maximum atomic E-state index is 13.3. The number of nitrogens with zero attached hydrogens (tertiary/aromatic N) is 2. The molecule has 0 bridgehead atoms. The third-order valence-electron chi connectivity index (χ3n) is 6.59. The van der Waals surface area contributed by atoms with Gasteiger partial charge in [-0.05, 0) is 24.6 Å². The van der Waals surface area contributed by atoms with Crippen LogP contribution in [0.1, 0.15) is 23.6 Å². The molecule has 0 saturated carbocycles. The Kier molecular flexibility index (Phi) is 8.12. The van der Waals surface area contributed by atoms with Gasteiger partial charge in [0.1, 0.15) is 11.5 Å². The second-order valence-corrected chi connectivity index (χ2v) is 8.61. The fraction of sp³-hybridized carbons (Fsp3) is 0.407. The smallest absolute Gasteiger partial charge is 0.295 e. The number of amides is 1. The molecular formula is C27H32N2O7. The van der Waals surface area contributed by atoms with Crippen LogP contribution in [0.3, 0.4) is 0 Å². The number of methoxy groups -OCH3 is 3. The van der Waals surface area contributed by atoms with Crippen molar-refractivity contribution >= 4 is 17.4 Å². The van der Waals surface area contributed by atoms with Crippen LogP contribution in [0.15, 0.2) is 48.0 Å². The normalized spacial score (nSPS) is 20.0. The van der Waals surface area contributed by atoms with E-state index in [4.69, 9.17) is 18.9 Å². The Morgan fingerprint density at radius 3 is 2.44 bits per heavy atom. The number of Topliss-reactive ketones (excluding diaryl/α,β-unsaturated/α-hetero) is 1. The van der Waals surface area contributed by atoms with Crippen molar-refractivity contribution in [3.8, 4) is 17.2 Å². The van der Waals surface area contributed by atoms with Gasteiger partial charge in [0.15, 0.2) is 11.5 Å². The van der Waals surface area contributed by atoms with E-state index in [9.17, 15) is 14.7 Å². The summed E-state index contributed by atoms with van der Waals surface area (Å²) in [6.07, 6.45) is 0.662. The lowest BCUT2D eigenvalue weighted by molar-refractivity contribution is -0.140. The Morgan fingerprint density at radius 1 is 1.00 bits per heavy atom. The molecule has 0 aliphatic carbocycles. The molecule has 1 atom stereocenters. The highest BCUT2D eigenvalue weighted by Crippen LogP contribution is 2.45.